The molecule has 1 fully saturated rings. The monoisotopic (exact) mass is 264 g/mol. The third kappa shape index (κ3) is 3.71. The van der Waals surface area contributed by atoms with Crippen molar-refractivity contribution >= 4 is 11.9 Å². The van der Waals surface area contributed by atoms with Gasteiger partial charge in [0, 0.05) is 5.56 Å². The van der Waals surface area contributed by atoms with Crippen LogP contribution in [0.3, 0.4) is 0 Å². The number of benzene rings is 1. The van der Waals surface area contributed by atoms with Crippen molar-refractivity contribution < 1.29 is 23.8 Å². The Hall–Kier alpha value is -2.04. The lowest BCUT2D eigenvalue weighted by Gasteiger charge is -2.22. The van der Waals surface area contributed by atoms with Gasteiger partial charge in [-0.1, -0.05) is 26.0 Å². The Kier molecular flexibility index (Phi) is 4.04. The molecule has 5 heteroatoms. The molecule has 19 heavy (non-hydrogen) atoms. The maximum atomic E-state index is 11.2. The molecule has 1 aromatic carbocycles. The molecule has 1 aliphatic heterocycles. The fourth-order valence-electron chi connectivity index (χ4n) is 1.61. The second-order valence-corrected chi connectivity index (χ2v) is 4.77. The third-order valence-corrected chi connectivity index (χ3v) is 2.48. The lowest BCUT2D eigenvalue weighted by Crippen LogP contribution is -2.26. The van der Waals surface area contributed by atoms with E-state index in [0.717, 1.165) is 0 Å². The second-order valence-electron chi connectivity index (χ2n) is 4.77. The standard InChI is InChI=1S/C14H16O5/c1-9(2)8-17-11-5-3-4-10(6-11)14-18-12(15)7-13(16)19-14/h3-6,9,14H,7-8H2,1-2H3. The van der Waals surface area contributed by atoms with Crippen LogP contribution in [-0.4, -0.2) is 18.5 Å². The molecule has 0 spiro atoms. The van der Waals surface area contributed by atoms with Crippen molar-refractivity contribution in [1.29, 1.82) is 0 Å². The Balaban J connectivity index is 2.09. The molecule has 2 rings (SSSR count). The van der Waals surface area contributed by atoms with Gasteiger partial charge in [-0.3, -0.25) is 9.59 Å². The summed E-state index contributed by atoms with van der Waals surface area (Å²) >= 11 is 0. The summed E-state index contributed by atoms with van der Waals surface area (Å²) in [6.07, 6.45) is -1.31. The van der Waals surface area contributed by atoms with Crippen molar-refractivity contribution in [1.82, 2.24) is 0 Å². The summed E-state index contributed by atoms with van der Waals surface area (Å²) < 4.78 is 15.5. The van der Waals surface area contributed by atoms with Crippen LogP contribution in [0.2, 0.25) is 0 Å². The molecule has 0 aromatic heterocycles. The van der Waals surface area contributed by atoms with Gasteiger partial charge in [0.15, 0.2) is 0 Å². The molecular formula is C14H16O5. The maximum Gasteiger partial charge on any atom is 0.320 e. The first-order chi connectivity index (χ1) is 9.04. The van der Waals surface area contributed by atoms with Gasteiger partial charge >= 0.3 is 11.9 Å². The Labute approximate surface area is 111 Å². The summed E-state index contributed by atoms with van der Waals surface area (Å²) in [5.41, 5.74) is 0.586. The normalized spacial score (nSPS) is 16.2. The smallest absolute Gasteiger partial charge is 0.320 e. The van der Waals surface area contributed by atoms with Crippen molar-refractivity contribution in [2.45, 2.75) is 26.6 Å². The van der Waals surface area contributed by atoms with E-state index in [9.17, 15) is 9.59 Å². The third-order valence-electron chi connectivity index (χ3n) is 2.48. The first-order valence-electron chi connectivity index (χ1n) is 6.16. The van der Waals surface area contributed by atoms with Gasteiger partial charge in [0.05, 0.1) is 6.61 Å². The second kappa shape index (κ2) is 5.73. The number of carbonyl (C=O) groups excluding carboxylic acids is 2. The van der Waals surface area contributed by atoms with E-state index in [-0.39, 0.29) is 6.42 Å². The Morgan fingerprint density at radius 1 is 1.26 bits per heavy atom. The van der Waals surface area contributed by atoms with Gasteiger partial charge in [0.1, 0.15) is 12.2 Å². The van der Waals surface area contributed by atoms with E-state index < -0.39 is 18.2 Å². The van der Waals surface area contributed by atoms with Gasteiger partial charge in [0.25, 0.3) is 6.29 Å². The van der Waals surface area contributed by atoms with Crippen LogP contribution in [0.1, 0.15) is 32.1 Å². The molecule has 0 atom stereocenters. The molecule has 1 heterocycles. The van der Waals surface area contributed by atoms with E-state index in [1.807, 2.05) is 0 Å². The van der Waals surface area contributed by atoms with Gasteiger partial charge in [-0.2, -0.15) is 0 Å². The average molecular weight is 264 g/mol. The average Bonchev–Trinajstić information content (AvgIpc) is 2.35. The van der Waals surface area contributed by atoms with Crippen molar-refractivity contribution in [2.24, 2.45) is 5.92 Å². The minimum absolute atomic E-state index is 0.333. The molecule has 5 nitrogen and oxygen atoms in total. The van der Waals surface area contributed by atoms with Gasteiger partial charge in [-0.05, 0) is 18.1 Å². The fraction of sp³-hybridized carbons (Fsp3) is 0.429. The first kappa shape index (κ1) is 13.4. The fourth-order valence-corrected chi connectivity index (χ4v) is 1.61. The highest BCUT2D eigenvalue weighted by atomic mass is 16.7. The minimum Gasteiger partial charge on any atom is -0.493 e. The Bertz CT molecular complexity index is 464. The molecule has 0 N–H and O–H groups in total. The lowest BCUT2D eigenvalue weighted by atomic mass is 10.2. The zero-order valence-corrected chi connectivity index (χ0v) is 10.9. The maximum absolute atomic E-state index is 11.2. The molecule has 1 saturated heterocycles. The molecule has 0 amide bonds. The van der Waals surface area contributed by atoms with Gasteiger partial charge in [0.2, 0.25) is 0 Å². The summed E-state index contributed by atoms with van der Waals surface area (Å²) in [4.78, 5) is 22.4. The SMILES string of the molecule is CC(C)COc1cccc(C2OC(=O)CC(=O)O2)c1. The van der Waals surface area contributed by atoms with Crippen LogP contribution in [0, 0.1) is 5.92 Å². The van der Waals surface area contributed by atoms with E-state index in [0.29, 0.717) is 23.8 Å². The van der Waals surface area contributed by atoms with E-state index in [2.05, 4.69) is 13.8 Å². The Morgan fingerprint density at radius 3 is 2.58 bits per heavy atom. The van der Waals surface area contributed by atoms with Crippen LogP contribution in [0.25, 0.3) is 0 Å². The lowest BCUT2D eigenvalue weighted by molar-refractivity contribution is -0.204. The molecular weight excluding hydrogens is 248 g/mol. The highest BCUT2D eigenvalue weighted by Gasteiger charge is 2.29. The highest BCUT2D eigenvalue weighted by Crippen LogP contribution is 2.27. The van der Waals surface area contributed by atoms with Crippen molar-refractivity contribution in [3.8, 4) is 5.75 Å². The van der Waals surface area contributed by atoms with E-state index >= 15 is 0 Å². The van der Waals surface area contributed by atoms with Crippen LogP contribution in [0.15, 0.2) is 24.3 Å². The topological polar surface area (TPSA) is 61.8 Å². The van der Waals surface area contributed by atoms with Crippen LogP contribution >= 0.6 is 0 Å². The van der Waals surface area contributed by atoms with E-state index in [1.54, 1.807) is 24.3 Å². The van der Waals surface area contributed by atoms with Gasteiger partial charge in [-0.15, -0.1) is 0 Å². The number of hydrogen-bond donors (Lipinski definition) is 0. The molecule has 1 aliphatic rings. The van der Waals surface area contributed by atoms with Crippen molar-refractivity contribution in [2.75, 3.05) is 6.61 Å². The van der Waals surface area contributed by atoms with E-state index in [1.165, 1.54) is 0 Å². The van der Waals surface area contributed by atoms with Crippen LogP contribution < -0.4 is 4.74 Å². The summed E-state index contributed by atoms with van der Waals surface area (Å²) in [5, 5.41) is 0. The van der Waals surface area contributed by atoms with Crippen LogP contribution in [0.4, 0.5) is 0 Å². The number of esters is 2. The largest absolute Gasteiger partial charge is 0.493 e. The molecule has 1 aromatic rings. The quantitative estimate of drug-likeness (QED) is 0.616. The first-order valence-corrected chi connectivity index (χ1v) is 6.16. The summed E-state index contributed by atoms with van der Waals surface area (Å²) in [6, 6.07) is 7.00. The number of hydrogen-bond acceptors (Lipinski definition) is 5. The minimum atomic E-state index is -0.976. The molecule has 0 aliphatic carbocycles. The summed E-state index contributed by atoms with van der Waals surface area (Å²) in [7, 11) is 0. The predicted octanol–water partition coefficient (Wildman–Crippen LogP) is 2.21. The Morgan fingerprint density at radius 2 is 1.95 bits per heavy atom. The zero-order valence-electron chi connectivity index (χ0n) is 10.9. The van der Waals surface area contributed by atoms with Crippen molar-refractivity contribution in [3.05, 3.63) is 29.8 Å². The molecule has 0 radical (unpaired) electrons. The van der Waals surface area contributed by atoms with Crippen molar-refractivity contribution in [3.63, 3.8) is 0 Å². The number of carbonyl (C=O) groups is 2. The predicted molar refractivity (Wildman–Crippen MR) is 66.3 cm³/mol. The highest BCUT2D eigenvalue weighted by molar-refractivity contribution is 5.92. The van der Waals surface area contributed by atoms with Gasteiger partial charge < -0.3 is 14.2 Å². The molecule has 0 bridgehead atoms. The number of cyclic esters (lactones) is 2. The van der Waals surface area contributed by atoms with E-state index in [4.69, 9.17) is 14.2 Å². The molecule has 102 valence electrons. The zero-order chi connectivity index (χ0) is 13.8. The summed E-state index contributed by atoms with van der Waals surface area (Å²) in [5.74, 6) is -0.0811. The summed E-state index contributed by atoms with van der Waals surface area (Å²) in [6.45, 7) is 4.69. The van der Waals surface area contributed by atoms with Crippen LogP contribution in [-0.2, 0) is 19.1 Å². The van der Waals surface area contributed by atoms with Crippen LogP contribution in [0.5, 0.6) is 5.75 Å². The van der Waals surface area contributed by atoms with Gasteiger partial charge in [-0.25, -0.2) is 0 Å². The molecule has 0 unspecified atom stereocenters. The number of ether oxygens (including phenoxy) is 3. The number of rotatable bonds is 4. The molecule has 0 saturated carbocycles.